The first kappa shape index (κ1) is 19.7. The van der Waals surface area contributed by atoms with Crippen molar-refractivity contribution in [2.45, 2.75) is 26.2 Å². The predicted molar refractivity (Wildman–Crippen MR) is 108 cm³/mol. The number of amides is 1. The zero-order chi connectivity index (χ0) is 18.8. The molecule has 2 rings (SSSR count). The number of ether oxygens (including phenoxy) is 2. The maximum Gasteiger partial charge on any atom is 0.230 e. The molecule has 0 aliphatic heterocycles. The molecular weight excluding hydrogens is 348 g/mol. The summed E-state index contributed by atoms with van der Waals surface area (Å²) in [7, 11) is 1.61. The molecule has 138 valence electrons. The summed E-state index contributed by atoms with van der Waals surface area (Å²) >= 11 is 5.19. The van der Waals surface area contributed by atoms with Crippen molar-refractivity contribution >= 4 is 28.9 Å². The molecule has 2 N–H and O–H groups in total. The average Bonchev–Trinajstić information content (AvgIpc) is 2.64. The maximum atomic E-state index is 12.1. The Kier molecular flexibility index (Phi) is 7.89. The van der Waals surface area contributed by atoms with Crippen LogP contribution in [0, 0.1) is 0 Å². The topological polar surface area (TPSA) is 59.6 Å². The second kappa shape index (κ2) is 10.4. The van der Waals surface area contributed by atoms with Crippen molar-refractivity contribution in [3.05, 3.63) is 54.1 Å². The average molecular weight is 372 g/mol. The minimum atomic E-state index is -0.174. The summed E-state index contributed by atoms with van der Waals surface area (Å²) in [4.78, 5) is 12.1. The van der Waals surface area contributed by atoms with E-state index in [1.165, 1.54) is 0 Å². The van der Waals surface area contributed by atoms with Crippen LogP contribution in [-0.4, -0.2) is 24.7 Å². The van der Waals surface area contributed by atoms with Gasteiger partial charge in [-0.15, -0.1) is 0 Å². The van der Waals surface area contributed by atoms with Gasteiger partial charge in [0.15, 0.2) is 5.11 Å². The lowest BCUT2D eigenvalue weighted by Gasteiger charge is -2.11. The normalized spacial score (nSPS) is 10.1. The standard InChI is InChI=1S/C20H24N2O3S/c1-3-4-13-25-18-11-7-16(8-12-18)21-20(26)22-19(23)14-15-5-9-17(24-2)10-6-15/h5-12H,3-4,13-14H2,1-2H3,(H2,21,22,23,26). The third kappa shape index (κ3) is 6.72. The van der Waals surface area contributed by atoms with E-state index in [9.17, 15) is 4.79 Å². The van der Waals surface area contributed by atoms with Crippen LogP contribution in [0.1, 0.15) is 25.3 Å². The number of carbonyl (C=O) groups excluding carboxylic acids is 1. The third-order valence-electron chi connectivity index (χ3n) is 3.66. The quantitative estimate of drug-likeness (QED) is 0.543. The molecule has 0 heterocycles. The van der Waals surface area contributed by atoms with E-state index < -0.39 is 0 Å². The number of methoxy groups -OCH3 is 1. The Morgan fingerprint density at radius 2 is 1.69 bits per heavy atom. The van der Waals surface area contributed by atoms with Crippen molar-refractivity contribution < 1.29 is 14.3 Å². The van der Waals surface area contributed by atoms with Gasteiger partial charge in [0.05, 0.1) is 20.1 Å². The highest BCUT2D eigenvalue weighted by molar-refractivity contribution is 7.80. The van der Waals surface area contributed by atoms with Crippen molar-refractivity contribution in [3.63, 3.8) is 0 Å². The van der Waals surface area contributed by atoms with Crippen LogP contribution in [0.15, 0.2) is 48.5 Å². The number of hydrogen-bond donors (Lipinski definition) is 2. The fourth-order valence-electron chi connectivity index (χ4n) is 2.23. The zero-order valence-electron chi connectivity index (χ0n) is 15.1. The number of carbonyl (C=O) groups is 1. The van der Waals surface area contributed by atoms with E-state index >= 15 is 0 Å². The highest BCUT2D eigenvalue weighted by Gasteiger charge is 2.07. The molecule has 5 nitrogen and oxygen atoms in total. The summed E-state index contributed by atoms with van der Waals surface area (Å²) in [5.41, 5.74) is 1.68. The van der Waals surface area contributed by atoms with Crippen LogP contribution in [-0.2, 0) is 11.2 Å². The van der Waals surface area contributed by atoms with Gasteiger partial charge in [-0.25, -0.2) is 0 Å². The van der Waals surface area contributed by atoms with E-state index in [1.807, 2.05) is 48.5 Å². The molecule has 26 heavy (non-hydrogen) atoms. The molecule has 0 spiro atoms. The SMILES string of the molecule is CCCCOc1ccc(NC(=S)NC(=O)Cc2ccc(OC)cc2)cc1. The molecule has 2 aromatic rings. The molecule has 0 saturated carbocycles. The summed E-state index contributed by atoms with van der Waals surface area (Å²) in [5, 5.41) is 5.94. The van der Waals surface area contributed by atoms with Crippen molar-refractivity contribution in [3.8, 4) is 11.5 Å². The zero-order valence-corrected chi connectivity index (χ0v) is 15.9. The van der Waals surface area contributed by atoms with Crippen molar-refractivity contribution in [1.29, 1.82) is 0 Å². The van der Waals surface area contributed by atoms with Crippen LogP contribution in [0.4, 0.5) is 5.69 Å². The number of rotatable bonds is 8. The van der Waals surface area contributed by atoms with Crippen LogP contribution in [0.25, 0.3) is 0 Å². The number of anilines is 1. The van der Waals surface area contributed by atoms with Gasteiger partial charge in [-0.1, -0.05) is 25.5 Å². The molecule has 0 bridgehead atoms. The molecule has 0 aromatic heterocycles. The third-order valence-corrected chi connectivity index (χ3v) is 3.86. The van der Waals surface area contributed by atoms with Crippen LogP contribution in [0.5, 0.6) is 11.5 Å². The smallest absolute Gasteiger partial charge is 0.230 e. The summed E-state index contributed by atoms with van der Waals surface area (Å²) in [6.07, 6.45) is 2.38. The van der Waals surface area contributed by atoms with E-state index in [4.69, 9.17) is 21.7 Å². The summed E-state index contributed by atoms with van der Waals surface area (Å²) in [6, 6.07) is 14.8. The minimum absolute atomic E-state index is 0.174. The largest absolute Gasteiger partial charge is 0.497 e. The lowest BCUT2D eigenvalue weighted by atomic mass is 10.1. The number of nitrogens with one attached hydrogen (secondary N) is 2. The second-order valence-electron chi connectivity index (χ2n) is 5.75. The Hall–Kier alpha value is -2.60. The van der Waals surface area contributed by atoms with Crippen LogP contribution < -0.4 is 20.1 Å². The van der Waals surface area contributed by atoms with Crippen molar-refractivity contribution in [1.82, 2.24) is 5.32 Å². The molecule has 0 atom stereocenters. The second-order valence-corrected chi connectivity index (χ2v) is 6.16. The monoisotopic (exact) mass is 372 g/mol. The van der Waals surface area contributed by atoms with Crippen LogP contribution in [0.3, 0.4) is 0 Å². The Morgan fingerprint density at radius 3 is 2.31 bits per heavy atom. The van der Waals surface area contributed by atoms with Gasteiger partial charge in [0, 0.05) is 5.69 Å². The lowest BCUT2D eigenvalue weighted by molar-refractivity contribution is -0.119. The Balaban J connectivity index is 1.78. The molecule has 0 aliphatic rings. The first-order valence-corrected chi connectivity index (χ1v) is 8.98. The van der Waals surface area contributed by atoms with Crippen molar-refractivity contribution in [2.75, 3.05) is 19.0 Å². The number of thiocarbonyl (C=S) groups is 1. The van der Waals surface area contributed by atoms with Gasteiger partial charge in [0.25, 0.3) is 0 Å². The summed E-state index contributed by atoms with van der Waals surface area (Å²) < 4.78 is 10.7. The lowest BCUT2D eigenvalue weighted by Crippen LogP contribution is -2.35. The van der Waals surface area contributed by atoms with E-state index in [-0.39, 0.29) is 17.4 Å². The molecule has 0 unspecified atom stereocenters. The summed E-state index contributed by atoms with van der Waals surface area (Å²) in [6.45, 7) is 2.84. The Morgan fingerprint density at radius 1 is 1.04 bits per heavy atom. The predicted octanol–water partition coefficient (Wildman–Crippen LogP) is 3.93. The van der Waals surface area contributed by atoms with Crippen molar-refractivity contribution in [2.24, 2.45) is 0 Å². The number of unbranched alkanes of at least 4 members (excludes halogenated alkanes) is 1. The number of hydrogen-bond acceptors (Lipinski definition) is 4. The van der Waals surface area contributed by atoms with E-state index in [2.05, 4.69) is 17.6 Å². The minimum Gasteiger partial charge on any atom is -0.497 e. The highest BCUT2D eigenvalue weighted by Crippen LogP contribution is 2.16. The highest BCUT2D eigenvalue weighted by atomic mass is 32.1. The molecule has 0 aliphatic carbocycles. The van der Waals surface area contributed by atoms with Gasteiger partial charge in [-0.2, -0.15) is 0 Å². The van der Waals surface area contributed by atoms with E-state index in [0.29, 0.717) is 6.61 Å². The van der Waals surface area contributed by atoms with Crippen LogP contribution >= 0.6 is 12.2 Å². The number of benzene rings is 2. The van der Waals surface area contributed by atoms with Gasteiger partial charge < -0.3 is 20.1 Å². The maximum absolute atomic E-state index is 12.1. The van der Waals surface area contributed by atoms with E-state index in [0.717, 1.165) is 35.6 Å². The Bertz CT molecular complexity index is 715. The van der Waals surface area contributed by atoms with Gasteiger partial charge in [0.2, 0.25) is 5.91 Å². The van der Waals surface area contributed by atoms with Gasteiger partial charge in [0.1, 0.15) is 11.5 Å². The molecular formula is C20H24N2O3S. The van der Waals surface area contributed by atoms with Gasteiger partial charge in [-0.3, -0.25) is 4.79 Å². The van der Waals surface area contributed by atoms with Crippen LogP contribution in [0.2, 0.25) is 0 Å². The molecule has 1 amide bonds. The van der Waals surface area contributed by atoms with E-state index in [1.54, 1.807) is 7.11 Å². The first-order valence-electron chi connectivity index (χ1n) is 8.57. The molecule has 2 aromatic carbocycles. The van der Waals surface area contributed by atoms with Gasteiger partial charge >= 0.3 is 0 Å². The fourth-order valence-corrected chi connectivity index (χ4v) is 2.46. The fraction of sp³-hybridized carbons (Fsp3) is 0.300. The molecule has 0 radical (unpaired) electrons. The summed E-state index contributed by atoms with van der Waals surface area (Å²) in [5.74, 6) is 1.40. The molecule has 0 fully saturated rings. The van der Waals surface area contributed by atoms with Gasteiger partial charge in [-0.05, 0) is 60.6 Å². The first-order chi connectivity index (χ1) is 12.6. The molecule has 0 saturated heterocycles. The Labute approximate surface area is 159 Å². The molecule has 6 heteroatoms.